The first-order chi connectivity index (χ1) is 15.3. The first-order valence-corrected chi connectivity index (χ1v) is 11.4. The number of aryl methyl sites for hydroxylation is 2. The van der Waals surface area contributed by atoms with Gasteiger partial charge in [0.05, 0.1) is 23.4 Å². The molecule has 0 aromatic heterocycles. The van der Waals surface area contributed by atoms with Gasteiger partial charge in [-0.25, -0.2) is 0 Å². The molecule has 162 valence electrons. The SMILES string of the molecule is COc1ccc(NC2=C/C(=N\S(=O)(=O)c3cc(C)ccc3C)c3ccccc3C2=O)cc1. The van der Waals surface area contributed by atoms with Crippen molar-refractivity contribution < 1.29 is 17.9 Å². The van der Waals surface area contributed by atoms with Crippen LogP contribution in [0, 0.1) is 13.8 Å². The maximum absolute atomic E-state index is 13.2. The van der Waals surface area contributed by atoms with Gasteiger partial charge in [-0.1, -0.05) is 36.4 Å². The van der Waals surface area contributed by atoms with E-state index in [1.807, 2.05) is 13.0 Å². The maximum atomic E-state index is 13.2. The smallest absolute Gasteiger partial charge is 0.283 e. The lowest BCUT2D eigenvalue weighted by atomic mass is 9.92. The fraction of sp³-hybridized carbons (Fsp3) is 0.120. The maximum Gasteiger partial charge on any atom is 0.283 e. The number of benzene rings is 3. The minimum absolute atomic E-state index is 0.150. The van der Waals surface area contributed by atoms with Gasteiger partial charge in [-0.15, -0.1) is 0 Å². The topological polar surface area (TPSA) is 84.8 Å². The molecule has 0 fully saturated rings. The van der Waals surface area contributed by atoms with E-state index >= 15 is 0 Å². The van der Waals surface area contributed by atoms with E-state index in [2.05, 4.69) is 9.71 Å². The van der Waals surface area contributed by atoms with Crippen LogP contribution >= 0.6 is 0 Å². The number of fused-ring (bicyclic) bond motifs is 1. The second kappa shape index (κ2) is 8.43. The van der Waals surface area contributed by atoms with E-state index in [-0.39, 0.29) is 22.1 Å². The van der Waals surface area contributed by atoms with Gasteiger partial charge in [-0.05, 0) is 61.4 Å². The molecule has 32 heavy (non-hydrogen) atoms. The standard InChI is InChI=1S/C25H22N2O4S/c1-16-8-9-17(2)24(14-16)32(29,30)27-22-15-23(25(28)21-7-5-4-6-20(21)22)26-18-10-12-19(31-3)13-11-18/h4-15,26H,1-3H3/b27-22+. The monoisotopic (exact) mass is 446 g/mol. The summed E-state index contributed by atoms with van der Waals surface area (Å²) in [5.74, 6) is 0.450. The largest absolute Gasteiger partial charge is 0.497 e. The van der Waals surface area contributed by atoms with Crippen LogP contribution in [0.3, 0.4) is 0 Å². The normalized spacial score (nSPS) is 14.7. The Labute approximate surface area is 187 Å². The van der Waals surface area contributed by atoms with Gasteiger partial charge in [-0.3, -0.25) is 4.79 Å². The molecule has 4 rings (SSSR count). The number of sulfonamides is 1. The lowest BCUT2D eigenvalue weighted by molar-refractivity contribution is 0.103. The van der Waals surface area contributed by atoms with E-state index in [1.165, 1.54) is 6.08 Å². The number of hydrogen-bond donors (Lipinski definition) is 1. The minimum Gasteiger partial charge on any atom is -0.497 e. The molecule has 1 N–H and O–H groups in total. The summed E-state index contributed by atoms with van der Waals surface area (Å²) in [7, 11) is -2.42. The first-order valence-electron chi connectivity index (χ1n) is 9.97. The number of allylic oxidation sites excluding steroid dienone is 2. The molecule has 0 amide bonds. The van der Waals surface area contributed by atoms with Crippen molar-refractivity contribution in [1.82, 2.24) is 0 Å². The predicted molar refractivity (Wildman–Crippen MR) is 125 cm³/mol. The average Bonchev–Trinajstić information content (AvgIpc) is 2.79. The predicted octanol–water partition coefficient (Wildman–Crippen LogP) is 4.68. The van der Waals surface area contributed by atoms with Gasteiger partial charge in [0.1, 0.15) is 5.75 Å². The van der Waals surface area contributed by atoms with Crippen molar-refractivity contribution in [2.75, 3.05) is 12.4 Å². The van der Waals surface area contributed by atoms with Crippen LogP contribution in [0.4, 0.5) is 5.69 Å². The molecule has 7 heteroatoms. The Kier molecular flexibility index (Phi) is 5.67. The van der Waals surface area contributed by atoms with Crippen LogP contribution in [0.1, 0.15) is 27.0 Å². The Morgan fingerprint density at radius 3 is 2.28 bits per heavy atom. The fourth-order valence-electron chi connectivity index (χ4n) is 3.49. The zero-order valence-corrected chi connectivity index (χ0v) is 18.7. The van der Waals surface area contributed by atoms with Crippen molar-refractivity contribution in [3.63, 3.8) is 0 Å². The van der Waals surface area contributed by atoms with Crippen LogP contribution in [-0.2, 0) is 10.0 Å². The number of ether oxygens (including phenoxy) is 1. The van der Waals surface area contributed by atoms with E-state index in [0.717, 1.165) is 5.56 Å². The third-order valence-corrected chi connectivity index (χ3v) is 6.62. The van der Waals surface area contributed by atoms with E-state index in [4.69, 9.17) is 4.74 Å². The van der Waals surface area contributed by atoms with E-state index in [9.17, 15) is 13.2 Å². The number of nitrogens with zero attached hydrogens (tertiary/aromatic N) is 1. The summed E-state index contributed by atoms with van der Waals surface area (Å²) < 4.78 is 35.6. The van der Waals surface area contributed by atoms with Gasteiger partial charge in [0.15, 0.2) is 0 Å². The summed E-state index contributed by atoms with van der Waals surface area (Å²) in [6, 6.07) is 19.2. The molecule has 0 unspecified atom stereocenters. The van der Waals surface area contributed by atoms with Crippen LogP contribution in [-0.4, -0.2) is 27.0 Å². The molecule has 0 saturated carbocycles. The quantitative estimate of drug-likeness (QED) is 0.615. The van der Waals surface area contributed by atoms with Crippen molar-refractivity contribution in [3.05, 3.63) is 101 Å². The molecule has 6 nitrogen and oxygen atoms in total. The van der Waals surface area contributed by atoms with E-state index < -0.39 is 10.0 Å². The number of carbonyl (C=O) groups excluding carboxylic acids is 1. The summed E-state index contributed by atoms with van der Waals surface area (Å²) in [6.07, 6.45) is 1.48. The molecule has 0 radical (unpaired) electrons. The highest BCUT2D eigenvalue weighted by Gasteiger charge is 2.26. The molecule has 0 spiro atoms. The Bertz CT molecular complexity index is 1370. The van der Waals surface area contributed by atoms with Gasteiger partial charge in [0, 0.05) is 16.8 Å². The highest BCUT2D eigenvalue weighted by atomic mass is 32.2. The number of methoxy groups -OCH3 is 1. The van der Waals surface area contributed by atoms with Crippen molar-refractivity contribution in [1.29, 1.82) is 0 Å². The van der Waals surface area contributed by atoms with E-state index in [1.54, 1.807) is 74.7 Å². The van der Waals surface area contributed by atoms with Gasteiger partial charge in [0.25, 0.3) is 10.0 Å². The fourth-order valence-corrected chi connectivity index (χ4v) is 4.81. The molecule has 3 aromatic carbocycles. The molecule has 0 saturated heterocycles. The van der Waals surface area contributed by atoms with Crippen LogP contribution < -0.4 is 10.1 Å². The minimum atomic E-state index is -3.99. The number of Topliss-reactive ketones (excluding diaryl/α,β-unsaturated/α-hetero) is 1. The van der Waals surface area contributed by atoms with Crippen molar-refractivity contribution >= 4 is 27.2 Å². The Hall–Kier alpha value is -3.71. The lowest BCUT2D eigenvalue weighted by Crippen LogP contribution is -2.22. The summed E-state index contributed by atoms with van der Waals surface area (Å²) in [6.45, 7) is 3.56. The van der Waals surface area contributed by atoms with Crippen LogP contribution in [0.2, 0.25) is 0 Å². The summed E-state index contributed by atoms with van der Waals surface area (Å²) in [5, 5.41) is 3.08. The van der Waals surface area contributed by atoms with Crippen molar-refractivity contribution in [2.24, 2.45) is 4.40 Å². The number of nitrogens with one attached hydrogen (secondary N) is 1. The third kappa shape index (κ3) is 4.20. The van der Waals surface area contributed by atoms with E-state index in [0.29, 0.717) is 28.1 Å². The zero-order chi connectivity index (χ0) is 22.9. The molecule has 0 aliphatic heterocycles. The summed E-state index contributed by atoms with van der Waals surface area (Å²) in [5.41, 5.74) is 3.42. The second-order valence-corrected chi connectivity index (χ2v) is 9.08. The zero-order valence-electron chi connectivity index (χ0n) is 17.9. The van der Waals surface area contributed by atoms with Crippen LogP contribution in [0.15, 0.2) is 87.8 Å². The molecule has 0 atom stereocenters. The number of hydrogen-bond acceptors (Lipinski definition) is 5. The Balaban J connectivity index is 1.81. The summed E-state index contributed by atoms with van der Waals surface area (Å²) >= 11 is 0. The van der Waals surface area contributed by atoms with Gasteiger partial charge < -0.3 is 10.1 Å². The highest BCUT2D eigenvalue weighted by Crippen LogP contribution is 2.27. The van der Waals surface area contributed by atoms with Crippen molar-refractivity contribution in [2.45, 2.75) is 18.7 Å². The average molecular weight is 447 g/mol. The number of rotatable bonds is 5. The molecule has 0 bridgehead atoms. The third-order valence-electron chi connectivity index (χ3n) is 5.18. The number of ketones is 1. The highest BCUT2D eigenvalue weighted by molar-refractivity contribution is 7.90. The second-order valence-electron chi connectivity index (χ2n) is 7.51. The molecule has 0 heterocycles. The van der Waals surface area contributed by atoms with Gasteiger partial charge in [0.2, 0.25) is 5.78 Å². The molecular weight excluding hydrogens is 424 g/mol. The molecule has 1 aliphatic carbocycles. The number of anilines is 1. The number of carbonyl (C=O) groups is 1. The van der Waals surface area contributed by atoms with Gasteiger partial charge in [-0.2, -0.15) is 12.8 Å². The Morgan fingerprint density at radius 2 is 1.59 bits per heavy atom. The van der Waals surface area contributed by atoms with Crippen LogP contribution in [0.25, 0.3) is 0 Å². The van der Waals surface area contributed by atoms with Crippen molar-refractivity contribution in [3.8, 4) is 5.75 Å². The Morgan fingerprint density at radius 1 is 0.906 bits per heavy atom. The summed E-state index contributed by atoms with van der Waals surface area (Å²) in [4.78, 5) is 13.2. The lowest BCUT2D eigenvalue weighted by Gasteiger charge is -2.19. The van der Waals surface area contributed by atoms with Crippen LogP contribution in [0.5, 0.6) is 5.75 Å². The van der Waals surface area contributed by atoms with Gasteiger partial charge >= 0.3 is 0 Å². The first kappa shape index (κ1) is 21.5. The molecule has 1 aliphatic rings. The molecular formula is C25H22N2O4S. The molecule has 3 aromatic rings.